The van der Waals surface area contributed by atoms with Crippen LogP contribution in [0.25, 0.3) is 10.2 Å². The molecule has 0 N–H and O–H groups in total. The summed E-state index contributed by atoms with van der Waals surface area (Å²) in [4.78, 5) is 12.2. The lowest BCUT2D eigenvalue weighted by molar-refractivity contribution is -0.143. The third kappa shape index (κ3) is 3.45. The minimum absolute atomic E-state index is 0.120. The van der Waals surface area contributed by atoms with E-state index in [4.69, 9.17) is 14.2 Å². The summed E-state index contributed by atoms with van der Waals surface area (Å²) in [5.74, 6) is 0.620. The molecule has 1 aliphatic rings. The summed E-state index contributed by atoms with van der Waals surface area (Å²) in [6.07, 6.45) is 0. The van der Waals surface area contributed by atoms with Crippen LogP contribution < -0.4 is 14.3 Å². The lowest BCUT2D eigenvalue weighted by Gasteiger charge is -2.05. The van der Waals surface area contributed by atoms with Gasteiger partial charge in [-0.3, -0.25) is 4.79 Å². The summed E-state index contributed by atoms with van der Waals surface area (Å²) in [5.41, 5.74) is 0.623. The van der Waals surface area contributed by atoms with Crippen molar-refractivity contribution < 1.29 is 27.4 Å². The highest BCUT2D eigenvalue weighted by Gasteiger charge is 2.21. The molecule has 2 aromatic heterocycles. The molecule has 11 heteroatoms. The van der Waals surface area contributed by atoms with Crippen molar-refractivity contribution in [2.24, 2.45) is 4.40 Å². The van der Waals surface area contributed by atoms with Crippen LogP contribution in [0.4, 0.5) is 0 Å². The Morgan fingerprint density at radius 3 is 2.81 bits per heavy atom. The third-order valence-electron chi connectivity index (χ3n) is 3.72. The first-order chi connectivity index (χ1) is 13.0. The Morgan fingerprint density at radius 2 is 2.11 bits per heavy atom. The van der Waals surface area contributed by atoms with E-state index < -0.39 is 16.0 Å². The van der Waals surface area contributed by atoms with Crippen molar-refractivity contribution >= 4 is 48.9 Å². The van der Waals surface area contributed by atoms with Gasteiger partial charge < -0.3 is 18.8 Å². The number of thiophene rings is 1. The number of hydrogen-bond acceptors (Lipinski definition) is 8. The normalized spacial score (nSPS) is 14.0. The van der Waals surface area contributed by atoms with Gasteiger partial charge in [-0.1, -0.05) is 17.4 Å². The van der Waals surface area contributed by atoms with Crippen LogP contribution >= 0.6 is 22.7 Å². The van der Waals surface area contributed by atoms with Gasteiger partial charge in [-0.05, 0) is 18.4 Å². The second-order valence-electron chi connectivity index (χ2n) is 5.45. The number of ether oxygens (including phenoxy) is 3. The maximum Gasteiger partial charge on any atom is 0.326 e. The molecule has 0 aliphatic carbocycles. The van der Waals surface area contributed by atoms with Crippen LogP contribution in [0.2, 0.25) is 0 Å². The topological polar surface area (TPSA) is 96.2 Å². The minimum atomic E-state index is -3.88. The molecule has 0 fully saturated rings. The smallest absolute Gasteiger partial charge is 0.326 e. The van der Waals surface area contributed by atoms with Gasteiger partial charge in [0, 0.05) is 12.1 Å². The lowest BCUT2D eigenvalue weighted by atomic mass is 10.3. The quantitative estimate of drug-likeness (QED) is 0.581. The lowest BCUT2D eigenvalue weighted by Crippen LogP contribution is -2.23. The molecule has 27 heavy (non-hydrogen) atoms. The van der Waals surface area contributed by atoms with Crippen molar-refractivity contribution in [3.05, 3.63) is 34.4 Å². The van der Waals surface area contributed by atoms with Crippen molar-refractivity contribution in [1.29, 1.82) is 0 Å². The molecule has 1 aromatic carbocycles. The molecule has 0 amide bonds. The zero-order valence-electron chi connectivity index (χ0n) is 14.1. The first-order valence-corrected chi connectivity index (χ1v) is 11.0. The number of hydrogen-bond donors (Lipinski definition) is 0. The fourth-order valence-corrected chi connectivity index (χ4v) is 5.79. The first kappa shape index (κ1) is 18.0. The second-order valence-corrected chi connectivity index (χ2v) is 9.24. The SMILES string of the molecule is CCOC(=O)Cn1/c(=N/S(=O)(=O)c2cccs2)sc2cc3c(cc21)OCO3. The van der Waals surface area contributed by atoms with E-state index in [9.17, 15) is 13.2 Å². The fourth-order valence-electron chi connectivity index (χ4n) is 2.58. The molecular formula is C16H14N2O6S3. The molecule has 0 atom stereocenters. The zero-order valence-corrected chi connectivity index (χ0v) is 16.5. The van der Waals surface area contributed by atoms with Crippen LogP contribution in [-0.2, 0) is 26.1 Å². The van der Waals surface area contributed by atoms with Crippen molar-refractivity contribution in [1.82, 2.24) is 4.57 Å². The van der Waals surface area contributed by atoms with Gasteiger partial charge in [0.1, 0.15) is 10.8 Å². The number of carbonyl (C=O) groups excluding carboxylic acids is 1. The number of carbonyl (C=O) groups is 1. The Labute approximate surface area is 162 Å². The van der Waals surface area contributed by atoms with Gasteiger partial charge in [0.2, 0.25) is 11.6 Å². The fraction of sp³-hybridized carbons (Fsp3) is 0.250. The molecule has 0 radical (unpaired) electrons. The second kappa shape index (κ2) is 6.98. The van der Waals surface area contributed by atoms with Crippen LogP contribution in [0, 0.1) is 0 Å². The molecule has 0 bridgehead atoms. The first-order valence-electron chi connectivity index (χ1n) is 7.91. The van der Waals surface area contributed by atoms with E-state index >= 15 is 0 Å². The molecule has 4 rings (SSSR count). The average molecular weight is 426 g/mol. The number of nitrogens with zero attached hydrogens (tertiary/aromatic N) is 2. The largest absolute Gasteiger partial charge is 0.465 e. The van der Waals surface area contributed by atoms with E-state index in [1.165, 1.54) is 10.6 Å². The average Bonchev–Trinajstić information content (AvgIpc) is 3.34. The molecule has 1 aliphatic heterocycles. The van der Waals surface area contributed by atoms with Crippen molar-refractivity contribution in [3.63, 3.8) is 0 Å². The van der Waals surface area contributed by atoms with Gasteiger partial charge in [0.25, 0.3) is 10.0 Å². The van der Waals surface area contributed by atoms with Crippen LogP contribution in [0.15, 0.2) is 38.3 Å². The van der Waals surface area contributed by atoms with Crippen LogP contribution in [0.3, 0.4) is 0 Å². The number of fused-ring (bicyclic) bond motifs is 2. The highest BCUT2D eigenvalue weighted by atomic mass is 32.2. The van der Waals surface area contributed by atoms with Gasteiger partial charge in [-0.15, -0.1) is 15.7 Å². The number of thiazole rings is 1. The molecule has 0 saturated carbocycles. The number of rotatable bonds is 5. The minimum Gasteiger partial charge on any atom is -0.465 e. The molecule has 3 aromatic rings. The standard InChI is InChI=1S/C16H14N2O6S3/c1-2-22-14(19)8-18-10-6-11-12(24-9-23-11)7-13(10)26-16(18)17-27(20,21)15-4-3-5-25-15/h3-7H,2,8-9H2,1H3/b17-16-. The Bertz CT molecular complexity index is 1170. The highest BCUT2D eigenvalue weighted by Crippen LogP contribution is 2.37. The van der Waals surface area contributed by atoms with E-state index in [1.807, 2.05) is 0 Å². The number of aromatic nitrogens is 1. The van der Waals surface area contributed by atoms with Crippen LogP contribution in [0.5, 0.6) is 11.5 Å². The zero-order chi connectivity index (χ0) is 19.0. The maximum atomic E-state index is 12.6. The summed E-state index contributed by atoms with van der Waals surface area (Å²) < 4.78 is 47.3. The highest BCUT2D eigenvalue weighted by molar-refractivity contribution is 7.92. The van der Waals surface area contributed by atoms with Gasteiger partial charge >= 0.3 is 5.97 Å². The Morgan fingerprint density at radius 1 is 1.33 bits per heavy atom. The number of benzene rings is 1. The van der Waals surface area contributed by atoms with E-state index in [1.54, 1.807) is 30.5 Å². The molecule has 8 nitrogen and oxygen atoms in total. The molecule has 0 unspecified atom stereocenters. The van der Waals surface area contributed by atoms with Gasteiger partial charge in [-0.2, -0.15) is 8.42 Å². The van der Waals surface area contributed by atoms with E-state index in [2.05, 4.69) is 4.40 Å². The van der Waals surface area contributed by atoms with E-state index in [-0.39, 0.29) is 29.0 Å². The predicted molar refractivity (Wildman–Crippen MR) is 99.6 cm³/mol. The summed E-state index contributed by atoms with van der Waals surface area (Å²) in [6.45, 7) is 1.90. The number of sulfonamides is 1. The predicted octanol–water partition coefficient (Wildman–Crippen LogP) is 2.35. The van der Waals surface area contributed by atoms with Gasteiger partial charge in [0.05, 0.1) is 16.8 Å². The monoisotopic (exact) mass is 426 g/mol. The van der Waals surface area contributed by atoms with Crippen LogP contribution in [-0.4, -0.2) is 32.4 Å². The van der Waals surface area contributed by atoms with Gasteiger partial charge in [-0.25, -0.2) is 0 Å². The molecule has 0 saturated heterocycles. The Kier molecular flexibility index (Phi) is 4.66. The maximum absolute atomic E-state index is 12.6. The molecule has 142 valence electrons. The number of esters is 1. The third-order valence-corrected chi connectivity index (χ3v) is 7.51. The van der Waals surface area contributed by atoms with Crippen LogP contribution in [0.1, 0.15) is 6.92 Å². The molecular weight excluding hydrogens is 412 g/mol. The molecule has 3 heterocycles. The summed E-state index contributed by atoms with van der Waals surface area (Å²) >= 11 is 2.24. The molecule has 0 spiro atoms. The summed E-state index contributed by atoms with van der Waals surface area (Å²) in [6, 6.07) is 6.59. The summed E-state index contributed by atoms with van der Waals surface area (Å²) in [5, 5.41) is 1.67. The summed E-state index contributed by atoms with van der Waals surface area (Å²) in [7, 11) is -3.88. The van der Waals surface area contributed by atoms with E-state index in [0.29, 0.717) is 17.0 Å². The van der Waals surface area contributed by atoms with Crippen molar-refractivity contribution in [2.45, 2.75) is 17.7 Å². The van der Waals surface area contributed by atoms with Gasteiger partial charge in [0.15, 0.2) is 11.5 Å². The van der Waals surface area contributed by atoms with Crippen molar-refractivity contribution in [3.8, 4) is 11.5 Å². The Hall–Kier alpha value is -2.37. The van der Waals surface area contributed by atoms with Crippen molar-refractivity contribution in [2.75, 3.05) is 13.4 Å². The van der Waals surface area contributed by atoms with E-state index in [0.717, 1.165) is 27.4 Å². The Balaban J connectivity index is 1.91.